The van der Waals surface area contributed by atoms with Crippen LogP contribution in [0.4, 0.5) is 10.1 Å². The number of anilines is 1. The summed E-state index contributed by atoms with van der Waals surface area (Å²) in [5, 5.41) is 13.6. The van der Waals surface area contributed by atoms with Gasteiger partial charge in [-0.05, 0) is 35.7 Å². The molecule has 0 aliphatic rings. The zero-order chi connectivity index (χ0) is 13.7. The van der Waals surface area contributed by atoms with Gasteiger partial charge in [-0.25, -0.2) is 4.39 Å². The lowest BCUT2D eigenvalue weighted by molar-refractivity contribution is -0.116. The first-order valence-corrected chi connectivity index (χ1v) is 6.55. The Morgan fingerprint density at radius 3 is 2.68 bits per heavy atom. The monoisotopic (exact) mass is 274 g/mol. The smallest absolute Gasteiger partial charge is 0.226 e. The van der Waals surface area contributed by atoms with E-state index in [-0.39, 0.29) is 18.1 Å². The summed E-state index contributed by atoms with van der Waals surface area (Å²) in [6.45, 7) is 0. The second kappa shape index (κ2) is 6.12. The first-order chi connectivity index (χ1) is 9.19. The molecule has 0 saturated carbocycles. The van der Waals surface area contributed by atoms with Crippen LogP contribution in [0.3, 0.4) is 0 Å². The number of nitrogens with one attached hydrogen (secondary N) is 1. The molecule has 1 heterocycles. The van der Waals surface area contributed by atoms with Crippen LogP contribution in [-0.4, -0.2) is 5.91 Å². The second-order valence-electron chi connectivity index (χ2n) is 3.96. The third-order valence-corrected chi connectivity index (χ3v) is 3.55. The van der Waals surface area contributed by atoms with E-state index in [1.54, 1.807) is 0 Å². The Morgan fingerprint density at radius 1 is 1.37 bits per heavy atom. The van der Waals surface area contributed by atoms with Crippen molar-refractivity contribution in [3.8, 4) is 6.07 Å². The van der Waals surface area contributed by atoms with Gasteiger partial charge in [0.15, 0.2) is 0 Å². The lowest BCUT2D eigenvalue weighted by Crippen LogP contribution is -2.14. The Labute approximate surface area is 114 Å². The summed E-state index contributed by atoms with van der Waals surface area (Å²) in [5.41, 5.74) is 0.522. The molecule has 19 heavy (non-hydrogen) atoms. The summed E-state index contributed by atoms with van der Waals surface area (Å²) < 4.78 is 12.7. The predicted octanol–water partition coefficient (Wildman–Crippen LogP) is 3.52. The highest BCUT2D eigenvalue weighted by Crippen LogP contribution is 2.24. The van der Waals surface area contributed by atoms with Gasteiger partial charge >= 0.3 is 0 Å². The molecule has 1 atom stereocenters. The molecular formula is C14H11FN2OS. The van der Waals surface area contributed by atoms with Crippen molar-refractivity contribution in [1.82, 2.24) is 0 Å². The minimum atomic E-state index is -0.444. The molecule has 0 fully saturated rings. The fourth-order valence-electron chi connectivity index (χ4n) is 1.63. The molecule has 0 aliphatic carbocycles. The summed E-state index contributed by atoms with van der Waals surface area (Å²) in [5.74, 6) is -1.06. The molecule has 96 valence electrons. The molecule has 1 amide bonds. The van der Waals surface area contributed by atoms with E-state index in [0.29, 0.717) is 5.69 Å². The van der Waals surface area contributed by atoms with Crippen LogP contribution in [0.5, 0.6) is 0 Å². The highest BCUT2D eigenvalue weighted by molar-refractivity contribution is 7.10. The van der Waals surface area contributed by atoms with Crippen LogP contribution in [0.25, 0.3) is 0 Å². The molecular weight excluding hydrogens is 263 g/mol. The molecule has 1 unspecified atom stereocenters. The van der Waals surface area contributed by atoms with Crippen molar-refractivity contribution < 1.29 is 9.18 Å². The maximum atomic E-state index is 12.7. The van der Waals surface area contributed by atoms with Crippen molar-refractivity contribution in [2.24, 2.45) is 0 Å². The fourth-order valence-corrected chi connectivity index (χ4v) is 2.40. The van der Waals surface area contributed by atoms with Gasteiger partial charge in [-0.15, -0.1) is 11.3 Å². The maximum Gasteiger partial charge on any atom is 0.226 e. The predicted molar refractivity (Wildman–Crippen MR) is 72.3 cm³/mol. The van der Waals surface area contributed by atoms with E-state index in [1.165, 1.54) is 35.6 Å². The molecule has 1 aromatic heterocycles. The number of rotatable bonds is 4. The van der Waals surface area contributed by atoms with Crippen molar-refractivity contribution >= 4 is 22.9 Å². The van der Waals surface area contributed by atoms with E-state index in [0.717, 1.165) is 4.88 Å². The number of halogens is 1. The van der Waals surface area contributed by atoms with Gasteiger partial charge in [0.25, 0.3) is 0 Å². The number of hydrogen-bond acceptors (Lipinski definition) is 3. The van der Waals surface area contributed by atoms with Gasteiger partial charge in [0.1, 0.15) is 5.82 Å². The van der Waals surface area contributed by atoms with Crippen LogP contribution in [0.15, 0.2) is 41.8 Å². The molecule has 2 aromatic rings. The van der Waals surface area contributed by atoms with Gasteiger partial charge in [0.05, 0.1) is 12.0 Å². The number of carbonyl (C=O) groups is 1. The summed E-state index contributed by atoms with van der Waals surface area (Å²) in [6.07, 6.45) is 0.0917. The SMILES string of the molecule is N#CC(CC(=O)Nc1ccc(F)cc1)c1cccs1. The lowest BCUT2D eigenvalue weighted by Gasteiger charge is -2.08. The molecule has 0 bridgehead atoms. The van der Waals surface area contributed by atoms with Crippen molar-refractivity contribution in [3.05, 3.63) is 52.5 Å². The van der Waals surface area contributed by atoms with Crippen molar-refractivity contribution in [2.45, 2.75) is 12.3 Å². The Balaban J connectivity index is 1.97. The Kier molecular flexibility index (Phi) is 4.26. The van der Waals surface area contributed by atoms with Gasteiger partial charge in [-0.3, -0.25) is 4.79 Å². The zero-order valence-corrected chi connectivity index (χ0v) is 10.8. The van der Waals surface area contributed by atoms with E-state index < -0.39 is 5.92 Å². The summed E-state index contributed by atoms with van der Waals surface area (Å²) in [4.78, 5) is 12.7. The summed E-state index contributed by atoms with van der Waals surface area (Å²) in [7, 11) is 0. The zero-order valence-electron chi connectivity index (χ0n) is 9.97. The van der Waals surface area contributed by atoms with E-state index in [2.05, 4.69) is 11.4 Å². The Bertz CT molecular complexity index is 587. The lowest BCUT2D eigenvalue weighted by atomic mass is 10.1. The highest BCUT2D eigenvalue weighted by Gasteiger charge is 2.16. The molecule has 1 N–H and O–H groups in total. The van der Waals surface area contributed by atoms with Crippen LogP contribution < -0.4 is 5.32 Å². The second-order valence-corrected chi connectivity index (χ2v) is 4.94. The van der Waals surface area contributed by atoms with Gasteiger partial charge in [-0.2, -0.15) is 5.26 Å². The van der Waals surface area contributed by atoms with Crippen molar-refractivity contribution in [2.75, 3.05) is 5.32 Å². The van der Waals surface area contributed by atoms with Crippen LogP contribution in [0.2, 0.25) is 0 Å². The van der Waals surface area contributed by atoms with Crippen molar-refractivity contribution in [3.63, 3.8) is 0 Å². The number of nitrogens with zero attached hydrogens (tertiary/aromatic N) is 1. The van der Waals surface area contributed by atoms with Crippen LogP contribution in [0.1, 0.15) is 17.2 Å². The van der Waals surface area contributed by atoms with Crippen LogP contribution >= 0.6 is 11.3 Å². The standard InChI is InChI=1S/C14H11FN2OS/c15-11-3-5-12(6-4-11)17-14(18)8-10(9-16)13-2-1-7-19-13/h1-7,10H,8H2,(H,17,18). The third kappa shape index (κ3) is 3.63. The Morgan fingerprint density at radius 2 is 2.11 bits per heavy atom. The molecule has 0 aliphatic heterocycles. The quantitative estimate of drug-likeness (QED) is 0.927. The van der Waals surface area contributed by atoms with E-state index in [9.17, 15) is 9.18 Å². The maximum absolute atomic E-state index is 12.7. The van der Waals surface area contributed by atoms with E-state index in [4.69, 9.17) is 5.26 Å². The van der Waals surface area contributed by atoms with Crippen molar-refractivity contribution in [1.29, 1.82) is 5.26 Å². The van der Waals surface area contributed by atoms with E-state index in [1.807, 2.05) is 17.5 Å². The Hall–Kier alpha value is -2.19. The number of nitriles is 1. The summed E-state index contributed by atoms with van der Waals surface area (Å²) in [6, 6.07) is 11.3. The van der Waals surface area contributed by atoms with Gasteiger partial charge in [0.2, 0.25) is 5.91 Å². The minimum absolute atomic E-state index is 0.0917. The third-order valence-electron chi connectivity index (χ3n) is 2.56. The average Bonchev–Trinajstić information content (AvgIpc) is 2.92. The molecule has 1 aromatic carbocycles. The first kappa shape index (κ1) is 13.2. The molecule has 0 spiro atoms. The van der Waals surface area contributed by atoms with Gasteiger partial charge in [-0.1, -0.05) is 6.07 Å². The van der Waals surface area contributed by atoms with Gasteiger partial charge < -0.3 is 5.32 Å². The molecule has 0 saturated heterocycles. The largest absolute Gasteiger partial charge is 0.326 e. The van der Waals surface area contributed by atoms with Gasteiger partial charge in [0, 0.05) is 17.0 Å². The molecule has 0 radical (unpaired) electrons. The topological polar surface area (TPSA) is 52.9 Å². The summed E-state index contributed by atoms with van der Waals surface area (Å²) >= 11 is 1.45. The average molecular weight is 274 g/mol. The highest BCUT2D eigenvalue weighted by atomic mass is 32.1. The normalized spacial score (nSPS) is 11.6. The number of hydrogen-bond donors (Lipinski definition) is 1. The molecule has 2 rings (SSSR count). The van der Waals surface area contributed by atoms with E-state index >= 15 is 0 Å². The number of thiophene rings is 1. The number of benzene rings is 1. The van der Waals surface area contributed by atoms with Crippen LogP contribution in [0, 0.1) is 17.1 Å². The fraction of sp³-hybridized carbons (Fsp3) is 0.143. The molecule has 3 nitrogen and oxygen atoms in total. The number of amides is 1. The minimum Gasteiger partial charge on any atom is -0.326 e. The molecule has 5 heteroatoms. The number of carbonyl (C=O) groups excluding carboxylic acids is 1. The van der Waals surface area contributed by atoms with Crippen LogP contribution in [-0.2, 0) is 4.79 Å². The first-order valence-electron chi connectivity index (χ1n) is 5.67.